The van der Waals surface area contributed by atoms with Crippen molar-refractivity contribution in [3.63, 3.8) is 0 Å². The Labute approximate surface area is 123 Å². The lowest BCUT2D eigenvalue weighted by Crippen LogP contribution is -1.90. The van der Waals surface area contributed by atoms with Crippen molar-refractivity contribution in [2.75, 3.05) is 0 Å². The van der Waals surface area contributed by atoms with Gasteiger partial charge in [-0.25, -0.2) is 9.97 Å². The van der Waals surface area contributed by atoms with E-state index >= 15 is 0 Å². The quantitative estimate of drug-likeness (QED) is 0.466. The molecule has 0 aliphatic heterocycles. The third-order valence-electron chi connectivity index (χ3n) is 3.80. The predicted molar refractivity (Wildman–Crippen MR) is 87.2 cm³/mol. The van der Waals surface area contributed by atoms with Gasteiger partial charge in [0.05, 0.1) is 5.52 Å². The van der Waals surface area contributed by atoms with Crippen molar-refractivity contribution in [3.05, 3.63) is 72.4 Å². The third kappa shape index (κ3) is 2.05. The van der Waals surface area contributed by atoms with Gasteiger partial charge in [0.2, 0.25) is 0 Å². The van der Waals surface area contributed by atoms with Gasteiger partial charge in [0.15, 0.2) is 5.82 Å². The maximum atomic E-state index is 4.71. The molecule has 0 spiro atoms. The van der Waals surface area contributed by atoms with E-state index in [-0.39, 0.29) is 0 Å². The molecule has 0 saturated heterocycles. The Bertz CT molecular complexity index is 940. The fourth-order valence-corrected chi connectivity index (χ4v) is 2.63. The van der Waals surface area contributed by atoms with Crippen LogP contribution in [0.2, 0.25) is 0 Å². The minimum Gasteiger partial charge on any atom is -0.236 e. The molecular weight excluding hydrogens is 256 g/mol. The van der Waals surface area contributed by atoms with Gasteiger partial charge in [-0.15, -0.1) is 0 Å². The lowest BCUT2D eigenvalue weighted by molar-refractivity contribution is 1.23. The molecule has 0 amide bonds. The molecule has 2 nitrogen and oxygen atoms in total. The molecule has 0 aliphatic carbocycles. The molecule has 0 atom stereocenters. The molecule has 0 N–H and O–H groups in total. The molecule has 2 heteroatoms. The van der Waals surface area contributed by atoms with E-state index in [1.54, 1.807) is 0 Å². The maximum absolute atomic E-state index is 4.71. The third-order valence-corrected chi connectivity index (χ3v) is 3.80. The van der Waals surface area contributed by atoms with Crippen LogP contribution in [0, 0.1) is 6.92 Å². The highest BCUT2D eigenvalue weighted by Crippen LogP contribution is 2.25. The number of nitrogens with zero attached hydrogens (tertiary/aromatic N) is 2. The van der Waals surface area contributed by atoms with Gasteiger partial charge in [-0.05, 0) is 23.8 Å². The van der Waals surface area contributed by atoms with Crippen LogP contribution in [0.15, 0.2) is 66.9 Å². The first kappa shape index (κ1) is 12.0. The van der Waals surface area contributed by atoms with Crippen molar-refractivity contribution in [1.82, 2.24) is 9.97 Å². The molecule has 4 rings (SSSR count). The van der Waals surface area contributed by atoms with Crippen molar-refractivity contribution in [1.29, 1.82) is 0 Å². The highest BCUT2D eigenvalue weighted by molar-refractivity contribution is 6.05. The van der Waals surface area contributed by atoms with Gasteiger partial charge >= 0.3 is 0 Å². The molecule has 0 unspecified atom stereocenters. The molecule has 1 heterocycles. The molecule has 0 saturated carbocycles. The Hall–Kier alpha value is -2.74. The highest BCUT2D eigenvalue weighted by Gasteiger charge is 2.05. The van der Waals surface area contributed by atoms with Crippen LogP contribution in [0.4, 0.5) is 0 Å². The van der Waals surface area contributed by atoms with E-state index in [9.17, 15) is 0 Å². The molecule has 100 valence electrons. The summed E-state index contributed by atoms with van der Waals surface area (Å²) >= 11 is 0. The number of benzene rings is 3. The standard InChI is InChI=1S/C19H14N2/c1-13-6-8-15(9-7-13)19-20-12-17-16-5-3-2-4-14(16)10-11-18(17)21-19/h2-12H,1H3. The summed E-state index contributed by atoms with van der Waals surface area (Å²) in [6.07, 6.45) is 1.93. The summed E-state index contributed by atoms with van der Waals surface area (Å²) in [6, 6.07) is 20.8. The van der Waals surface area contributed by atoms with Crippen molar-refractivity contribution in [2.45, 2.75) is 6.92 Å². The van der Waals surface area contributed by atoms with Gasteiger partial charge in [0, 0.05) is 17.1 Å². The van der Waals surface area contributed by atoms with Crippen LogP contribution in [0.3, 0.4) is 0 Å². The Morgan fingerprint density at radius 2 is 1.57 bits per heavy atom. The van der Waals surface area contributed by atoms with E-state index in [4.69, 9.17) is 4.98 Å². The topological polar surface area (TPSA) is 25.8 Å². The Morgan fingerprint density at radius 3 is 2.43 bits per heavy atom. The molecule has 1 aromatic heterocycles. The largest absolute Gasteiger partial charge is 0.236 e. The van der Waals surface area contributed by atoms with Gasteiger partial charge in [-0.2, -0.15) is 0 Å². The number of rotatable bonds is 1. The van der Waals surface area contributed by atoms with Crippen molar-refractivity contribution in [3.8, 4) is 11.4 Å². The van der Waals surface area contributed by atoms with Crippen LogP contribution >= 0.6 is 0 Å². The van der Waals surface area contributed by atoms with E-state index < -0.39 is 0 Å². The van der Waals surface area contributed by atoms with E-state index in [1.165, 1.54) is 16.3 Å². The fourth-order valence-electron chi connectivity index (χ4n) is 2.63. The zero-order chi connectivity index (χ0) is 14.2. The van der Waals surface area contributed by atoms with E-state index in [0.29, 0.717) is 0 Å². The Morgan fingerprint density at radius 1 is 0.762 bits per heavy atom. The summed E-state index contributed by atoms with van der Waals surface area (Å²) < 4.78 is 0. The van der Waals surface area contributed by atoms with Crippen molar-refractivity contribution in [2.24, 2.45) is 0 Å². The molecule has 4 aromatic rings. The molecule has 0 aliphatic rings. The fraction of sp³-hybridized carbons (Fsp3) is 0.0526. The minimum atomic E-state index is 0.776. The second-order valence-corrected chi connectivity index (χ2v) is 5.28. The Kier molecular flexibility index (Phi) is 2.68. The summed E-state index contributed by atoms with van der Waals surface area (Å²) in [7, 11) is 0. The molecule has 0 fully saturated rings. The van der Waals surface area contributed by atoms with Crippen LogP contribution < -0.4 is 0 Å². The van der Waals surface area contributed by atoms with Crippen LogP contribution in [0.1, 0.15) is 5.56 Å². The molecular formula is C19H14N2. The summed E-state index contributed by atoms with van der Waals surface area (Å²) in [6.45, 7) is 2.08. The molecule has 21 heavy (non-hydrogen) atoms. The molecule has 3 aromatic carbocycles. The van der Waals surface area contributed by atoms with Gasteiger partial charge < -0.3 is 0 Å². The summed E-state index contributed by atoms with van der Waals surface area (Å²) in [5.41, 5.74) is 3.28. The summed E-state index contributed by atoms with van der Waals surface area (Å²) in [5.74, 6) is 0.776. The summed E-state index contributed by atoms with van der Waals surface area (Å²) in [4.78, 5) is 9.26. The van der Waals surface area contributed by atoms with Crippen LogP contribution in [-0.4, -0.2) is 9.97 Å². The normalized spacial score (nSPS) is 11.1. The predicted octanol–water partition coefficient (Wildman–Crippen LogP) is 4.76. The molecule has 0 radical (unpaired) electrons. The SMILES string of the molecule is Cc1ccc(-c2ncc3c(ccc4ccccc43)n2)cc1. The maximum Gasteiger partial charge on any atom is 0.159 e. The average Bonchev–Trinajstić information content (AvgIpc) is 2.55. The monoisotopic (exact) mass is 270 g/mol. The van der Waals surface area contributed by atoms with E-state index in [1.807, 2.05) is 6.20 Å². The number of hydrogen-bond donors (Lipinski definition) is 0. The number of hydrogen-bond acceptors (Lipinski definition) is 2. The second kappa shape index (κ2) is 4.67. The zero-order valence-electron chi connectivity index (χ0n) is 11.7. The zero-order valence-corrected chi connectivity index (χ0v) is 11.7. The van der Waals surface area contributed by atoms with Gasteiger partial charge in [0.1, 0.15) is 0 Å². The number of aromatic nitrogens is 2. The minimum absolute atomic E-state index is 0.776. The van der Waals surface area contributed by atoms with Crippen LogP contribution in [0.25, 0.3) is 33.1 Å². The van der Waals surface area contributed by atoms with Gasteiger partial charge in [0.25, 0.3) is 0 Å². The molecule has 0 bridgehead atoms. The number of aryl methyl sites for hydroxylation is 1. The smallest absolute Gasteiger partial charge is 0.159 e. The van der Waals surface area contributed by atoms with E-state index in [2.05, 4.69) is 72.6 Å². The average molecular weight is 270 g/mol. The van der Waals surface area contributed by atoms with Crippen LogP contribution in [0.5, 0.6) is 0 Å². The highest BCUT2D eigenvalue weighted by atomic mass is 14.9. The first-order chi connectivity index (χ1) is 10.3. The number of fused-ring (bicyclic) bond motifs is 3. The van der Waals surface area contributed by atoms with Crippen molar-refractivity contribution >= 4 is 21.7 Å². The summed E-state index contributed by atoms with van der Waals surface area (Å²) in [5, 5.41) is 3.52. The lowest BCUT2D eigenvalue weighted by atomic mass is 10.1. The van der Waals surface area contributed by atoms with E-state index in [0.717, 1.165) is 22.3 Å². The van der Waals surface area contributed by atoms with Crippen LogP contribution in [-0.2, 0) is 0 Å². The second-order valence-electron chi connectivity index (χ2n) is 5.28. The van der Waals surface area contributed by atoms with Crippen molar-refractivity contribution < 1.29 is 0 Å². The lowest BCUT2D eigenvalue weighted by Gasteiger charge is -2.05. The first-order valence-corrected chi connectivity index (χ1v) is 7.03. The van der Waals surface area contributed by atoms with Gasteiger partial charge in [-0.3, -0.25) is 0 Å². The van der Waals surface area contributed by atoms with Gasteiger partial charge in [-0.1, -0.05) is 60.2 Å². The first-order valence-electron chi connectivity index (χ1n) is 7.03. The Balaban J connectivity index is 1.94.